The molecule has 0 saturated carbocycles. The van der Waals surface area contributed by atoms with Crippen molar-refractivity contribution in [1.82, 2.24) is 20.2 Å². The fraction of sp³-hybridized carbons (Fsp3) is 0.250. The maximum Gasteiger partial charge on any atom is 0.251 e. The van der Waals surface area contributed by atoms with Crippen LogP contribution in [0.3, 0.4) is 0 Å². The van der Waals surface area contributed by atoms with Gasteiger partial charge in [-0.2, -0.15) is 0 Å². The Bertz CT molecular complexity index is 932. The Kier molecular flexibility index (Phi) is 5.31. The molecular formula is C20H22N4O2. The number of aromatic nitrogens is 2. The maximum absolute atomic E-state index is 12.3. The van der Waals surface area contributed by atoms with Crippen LogP contribution in [0.25, 0.3) is 16.7 Å². The van der Waals surface area contributed by atoms with Crippen LogP contribution in [0.4, 0.5) is 0 Å². The summed E-state index contributed by atoms with van der Waals surface area (Å²) in [6.45, 7) is 4.49. The van der Waals surface area contributed by atoms with Crippen LogP contribution in [0, 0.1) is 6.92 Å². The molecule has 2 amide bonds. The smallest absolute Gasteiger partial charge is 0.251 e. The highest BCUT2D eigenvalue weighted by molar-refractivity contribution is 5.99. The Hall–Kier alpha value is -3.15. The van der Waals surface area contributed by atoms with E-state index in [0.29, 0.717) is 12.1 Å². The largest absolute Gasteiger partial charge is 0.355 e. The summed E-state index contributed by atoms with van der Waals surface area (Å²) in [4.78, 5) is 28.5. The molecule has 0 atom stereocenters. The molecule has 2 N–H and O–H groups in total. The predicted molar refractivity (Wildman–Crippen MR) is 101 cm³/mol. The highest BCUT2D eigenvalue weighted by Gasteiger charge is 2.13. The summed E-state index contributed by atoms with van der Waals surface area (Å²) >= 11 is 0. The lowest BCUT2D eigenvalue weighted by Crippen LogP contribution is -2.37. The van der Waals surface area contributed by atoms with E-state index in [9.17, 15) is 9.59 Å². The second-order valence-electron chi connectivity index (χ2n) is 6.07. The fourth-order valence-electron chi connectivity index (χ4n) is 2.83. The third-order valence-corrected chi connectivity index (χ3v) is 4.08. The number of imidazole rings is 1. The van der Waals surface area contributed by atoms with E-state index in [-0.39, 0.29) is 18.4 Å². The number of benzene rings is 2. The second kappa shape index (κ2) is 7.82. The molecule has 0 unspecified atom stereocenters. The molecule has 2 aromatic carbocycles. The Labute approximate surface area is 152 Å². The van der Waals surface area contributed by atoms with E-state index in [2.05, 4.69) is 20.2 Å². The number of aryl methyl sites for hydroxylation is 1. The first kappa shape index (κ1) is 17.7. The van der Waals surface area contributed by atoms with Crippen LogP contribution < -0.4 is 10.6 Å². The van der Waals surface area contributed by atoms with Crippen LogP contribution in [0.5, 0.6) is 0 Å². The molecule has 0 saturated heterocycles. The van der Waals surface area contributed by atoms with E-state index >= 15 is 0 Å². The van der Waals surface area contributed by atoms with Gasteiger partial charge in [-0.15, -0.1) is 0 Å². The number of carbonyl (C=O) groups is 2. The number of rotatable bonds is 6. The zero-order chi connectivity index (χ0) is 18.5. The van der Waals surface area contributed by atoms with E-state index in [1.54, 1.807) is 12.1 Å². The number of hydrogen-bond donors (Lipinski definition) is 2. The molecule has 0 aliphatic rings. The average molecular weight is 350 g/mol. The minimum absolute atomic E-state index is 0.0334. The third kappa shape index (κ3) is 3.74. The van der Waals surface area contributed by atoms with Crippen LogP contribution in [0.1, 0.15) is 29.5 Å². The number of nitrogens with one attached hydrogen (secondary N) is 2. The lowest BCUT2D eigenvalue weighted by Gasteiger charge is -2.08. The molecule has 26 heavy (non-hydrogen) atoms. The van der Waals surface area contributed by atoms with Crippen molar-refractivity contribution in [3.05, 3.63) is 59.9 Å². The molecule has 134 valence electrons. The summed E-state index contributed by atoms with van der Waals surface area (Å²) in [5.74, 6) is 0.374. The molecule has 0 aliphatic carbocycles. The van der Waals surface area contributed by atoms with Crippen molar-refractivity contribution in [1.29, 1.82) is 0 Å². The topological polar surface area (TPSA) is 76.0 Å². The number of fused-ring (bicyclic) bond motifs is 1. The molecule has 1 heterocycles. The molecule has 1 aromatic heterocycles. The number of carbonyl (C=O) groups excluding carboxylic acids is 2. The van der Waals surface area contributed by atoms with Gasteiger partial charge in [0.1, 0.15) is 5.82 Å². The normalized spacial score (nSPS) is 10.7. The van der Waals surface area contributed by atoms with Crippen molar-refractivity contribution >= 4 is 22.8 Å². The number of nitrogens with zero attached hydrogens (tertiary/aromatic N) is 2. The number of amides is 2. The summed E-state index contributed by atoms with van der Waals surface area (Å²) in [5, 5.41) is 5.37. The lowest BCUT2D eigenvalue weighted by atomic mass is 10.2. The molecule has 0 aliphatic heterocycles. The fourth-order valence-corrected chi connectivity index (χ4v) is 2.83. The highest BCUT2D eigenvalue weighted by atomic mass is 16.2. The van der Waals surface area contributed by atoms with Gasteiger partial charge >= 0.3 is 0 Å². The van der Waals surface area contributed by atoms with E-state index in [1.807, 2.05) is 50.2 Å². The van der Waals surface area contributed by atoms with Gasteiger partial charge in [0, 0.05) is 17.8 Å². The van der Waals surface area contributed by atoms with E-state index in [1.165, 1.54) is 0 Å². The Balaban J connectivity index is 1.80. The van der Waals surface area contributed by atoms with Gasteiger partial charge in [0.2, 0.25) is 5.91 Å². The molecule has 3 aromatic rings. The Morgan fingerprint density at radius 3 is 2.58 bits per heavy atom. The quantitative estimate of drug-likeness (QED) is 0.717. The summed E-state index contributed by atoms with van der Waals surface area (Å²) < 4.78 is 2.05. The van der Waals surface area contributed by atoms with E-state index < -0.39 is 0 Å². The van der Waals surface area contributed by atoms with Gasteiger partial charge in [-0.05, 0) is 43.7 Å². The summed E-state index contributed by atoms with van der Waals surface area (Å²) in [6, 6.07) is 15.3. The van der Waals surface area contributed by atoms with E-state index in [0.717, 1.165) is 29.0 Å². The zero-order valence-corrected chi connectivity index (χ0v) is 15.0. The first-order valence-corrected chi connectivity index (χ1v) is 8.69. The van der Waals surface area contributed by atoms with Crippen LogP contribution in [-0.4, -0.2) is 34.5 Å². The molecular weight excluding hydrogens is 328 g/mol. The minimum Gasteiger partial charge on any atom is -0.355 e. The average Bonchev–Trinajstić information content (AvgIpc) is 2.99. The monoisotopic (exact) mass is 350 g/mol. The van der Waals surface area contributed by atoms with Gasteiger partial charge in [0.15, 0.2) is 0 Å². The van der Waals surface area contributed by atoms with Crippen molar-refractivity contribution in [2.24, 2.45) is 0 Å². The third-order valence-electron chi connectivity index (χ3n) is 4.08. The first-order valence-electron chi connectivity index (χ1n) is 8.69. The number of hydrogen-bond acceptors (Lipinski definition) is 3. The Morgan fingerprint density at radius 2 is 1.85 bits per heavy atom. The summed E-state index contributed by atoms with van der Waals surface area (Å²) in [5.41, 5.74) is 3.19. The standard InChI is InChI=1S/C20H22N4O2/c1-3-11-21-19(25)13-22-20(26)15-9-10-18-17(12-15)23-14(2)24(18)16-7-5-4-6-8-16/h4-10,12H,3,11,13H2,1-2H3,(H,21,25)(H,22,26). The minimum atomic E-state index is -0.287. The molecule has 6 nitrogen and oxygen atoms in total. The van der Waals surface area contributed by atoms with Crippen molar-refractivity contribution in [3.8, 4) is 5.69 Å². The lowest BCUT2D eigenvalue weighted by molar-refractivity contribution is -0.120. The van der Waals surface area contributed by atoms with Gasteiger partial charge in [-0.3, -0.25) is 14.2 Å². The first-order chi connectivity index (χ1) is 12.6. The zero-order valence-electron chi connectivity index (χ0n) is 15.0. The molecule has 0 radical (unpaired) electrons. The molecule has 6 heteroatoms. The SMILES string of the molecule is CCCNC(=O)CNC(=O)c1ccc2c(c1)nc(C)n2-c1ccccc1. The second-order valence-corrected chi connectivity index (χ2v) is 6.07. The van der Waals surface area contributed by atoms with E-state index in [4.69, 9.17) is 0 Å². The molecule has 0 spiro atoms. The van der Waals surface area contributed by atoms with Crippen molar-refractivity contribution in [3.63, 3.8) is 0 Å². The van der Waals surface area contributed by atoms with Crippen LogP contribution in [0.2, 0.25) is 0 Å². The molecule has 3 rings (SSSR count). The van der Waals surface area contributed by atoms with Gasteiger partial charge in [0.25, 0.3) is 5.91 Å². The highest BCUT2D eigenvalue weighted by Crippen LogP contribution is 2.22. The summed E-state index contributed by atoms with van der Waals surface area (Å²) in [6.07, 6.45) is 0.861. The Morgan fingerprint density at radius 1 is 1.08 bits per heavy atom. The van der Waals surface area contributed by atoms with Gasteiger partial charge in [-0.1, -0.05) is 25.1 Å². The predicted octanol–water partition coefficient (Wildman–Crippen LogP) is 2.59. The maximum atomic E-state index is 12.3. The van der Waals surface area contributed by atoms with Gasteiger partial charge < -0.3 is 10.6 Å². The van der Waals surface area contributed by atoms with Crippen LogP contribution in [-0.2, 0) is 4.79 Å². The van der Waals surface area contributed by atoms with Gasteiger partial charge in [-0.25, -0.2) is 4.98 Å². The van der Waals surface area contributed by atoms with Crippen molar-refractivity contribution in [2.45, 2.75) is 20.3 Å². The summed E-state index contributed by atoms with van der Waals surface area (Å²) in [7, 11) is 0. The van der Waals surface area contributed by atoms with Crippen molar-refractivity contribution in [2.75, 3.05) is 13.1 Å². The number of para-hydroxylation sites is 1. The van der Waals surface area contributed by atoms with Crippen molar-refractivity contribution < 1.29 is 9.59 Å². The molecule has 0 fully saturated rings. The molecule has 0 bridgehead atoms. The van der Waals surface area contributed by atoms with Gasteiger partial charge in [0.05, 0.1) is 17.6 Å². The van der Waals surface area contributed by atoms with Crippen LogP contribution in [0.15, 0.2) is 48.5 Å². The van der Waals surface area contributed by atoms with Crippen LogP contribution >= 0.6 is 0 Å².